The number of hydrogen-bond donors (Lipinski definition) is 1. The smallest absolute Gasteiger partial charge is 0.152 e. The van der Waals surface area contributed by atoms with Crippen LogP contribution in [0, 0.1) is 6.92 Å². The Morgan fingerprint density at radius 2 is 1.89 bits per heavy atom. The fourth-order valence-corrected chi connectivity index (χ4v) is 2.06. The van der Waals surface area contributed by atoms with Crippen LogP contribution in [0.1, 0.15) is 11.1 Å². The fourth-order valence-electron chi connectivity index (χ4n) is 1.80. The number of nitrogen functional groups attached to an aromatic ring is 1. The summed E-state index contributed by atoms with van der Waals surface area (Å²) in [7, 11) is 2.00. The molecule has 2 aromatic rings. The number of nitrogens with two attached hydrogens (primary N) is 1. The zero-order chi connectivity index (χ0) is 13.1. The van der Waals surface area contributed by atoms with Gasteiger partial charge in [-0.3, -0.25) is 0 Å². The molecule has 0 aliphatic carbocycles. The van der Waals surface area contributed by atoms with Crippen molar-refractivity contribution in [1.29, 1.82) is 0 Å². The topological polar surface area (TPSA) is 42.2 Å². The molecule has 0 saturated heterocycles. The lowest BCUT2D eigenvalue weighted by Crippen LogP contribution is -2.19. The maximum Gasteiger partial charge on any atom is 0.152 e. The molecule has 0 radical (unpaired) electrons. The van der Waals surface area contributed by atoms with Gasteiger partial charge in [0.1, 0.15) is 0 Å². The summed E-state index contributed by atoms with van der Waals surface area (Å²) in [5.41, 5.74) is 9.08. The van der Waals surface area contributed by atoms with E-state index >= 15 is 0 Å². The summed E-state index contributed by atoms with van der Waals surface area (Å²) in [6, 6.07) is 10.2. The summed E-state index contributed by atoms with van der Waals surface area (Å²) >= 11 is 3.43. The van der Waals surface area contributed by atoms with Crippen LogP contribution < -0.4 is 10.6 Å². The minimum Gasteiger partial charge on any atom is -0.396 e. The van der Waals surface area contributed by atoms with Crippen LogP contribution in [0.5, 0.6) is 0 Å². The third kappa shape index (κ3) is 2.82. The molecule has 2 N–H and O–H groups in total. The molecular formula is C14H16BrN3. The van der Waals surface area contributed by atoms with Crippen molar-refractivity contribution in [3.05, 3.63) is 52.1 Å². The van der Waals surface area contributed by atoms with Crippen LogP contribution in [0.3, 0.4) is 0 Å². The van der Waals surface area contributed by atoms with E-state index < -0.39 is 0 Å². The predicted octanol–water partition coefficient (Wildman–Crippen LogP) is 3.37. The molecule has 0 spiro atoms. The van der Waals surface area contributed by atoms with Gasteiger partial charge in [-0.1, -0.05) is 28.1 Å². The summed E-state index contributed by atoms with van der Waals surface area (Å²) in [4.78, 5) is 6.41. The maximum atomic E-state index is 6.05. The van der Waals surface area contributed by atoms with E-state index in [4.69, 9.17) is 5.73 Å². The molecule has 0 fully saturated rings. The van der Waals surface area contributed by atoms with E-state index in [1.165, 1.54) is 5.56 Å². The van der Waals surface area contributed by atoms with Crippen LogP contribution in [-0.4, -0.2) is 12.0 Å². The van der Waals surface area contributed by atoms with Crippen molar-refractivity contribution in [2.75, 3.05) is 17.7 Å². The normalized spacial score (nSPS) is 10.4. The number of nitrogens with zero attached hydrogens (tertiary/aromatic N) is 2. The third-order valence-corrected chi connectivity index (χ3v) is 3.41. The fraction of sp³-hybridized carbons (Fsp3) is 0.214. The van der Waals surface area contributed by atoms with Crippen molar-refractivity contribution in [2.45, 2.75) is 13.5 Å². The molecule has 94 valence electrons. The van der Waals surface area contributed by atoms with E-state index in [1.807, 2.05) is 32.2 Å². The third-order valence-electron chi connectivity index (χ3n) is 2.88. The Morgan fingerprint density at radius 1 is 1.22 bits per heavy atom. The number of pyridine rings is 1. The quantitative estimate of drug-likeness (QED) is 0.945. The van der Waals surface area contributed by atoms with Gasteiger partial charge in [-0.25, -0.2) is 4.98 Å². The molecule has 0 unspecified atom stereocenters. The Morgan fingerprint density at radius 3 is 2.56 bits per heavy atom. The first-order valence-corrected chi connectivity index (χ1v) is 6.54. The Labute approximate surface area is 116 Å². The van der Waals surface area contributed by atoms with Crippen LogP contribution in [0.2, 0.25) is 0 Å². The first-order chi connectivity index (χ1) is 8.58. The highest BCUT2D eigenvalue weighted by Crippen LogP contribution is 2.23. The molecule has 0 aliphatic rings. The predicted molar refractivity (Wildman–Crippen MR) is 79.6 cm³/mol. The second-order valence-electron chi connectivity index (χ2n) is 4.35. The average molecular weight is 306 g/mol. The zero-order valence-electron chi connectivity index (χ0n) is 10.5. The largest absolute Gasteiger partial charge is 0.396 e. The van der Waals surface area contributed by atoms with Crippen molar-refractivity contribution in [1.82, 2.24) is 4.98 Å². The van der Waals surface area contributed by atoms with Gasteiger partial charge in [0, 0.05) is 24.3 Å². The van der Waals surface area contributed by atoms with Crippen LogP contribution >= 0.6 is 15.9 Å². The number of halogens is 1. The minimum absolute atomic E-state index is 0.747. The average Bonchev–Trinajstić information content (AvgIpc) is 2.35. The molecule has 0 amide bonds. The van der Waals surface area contributed by atoms with Gasteiger partial charge >= 0.3 is 0 Å². The number of aryl methyl sites for hydroxylation is 1. The van der Waals surface area contributed by atoms with Gasteiger partial charge in [0.2, 0.25) is 0 Å². The van der Waals surface area contributed by atoms with Crippen molar-refractivity contribution < 1.29 is 0 Å². The standard InChI is InChI=1S/C14H16BrN3/c1-10-7-8-17-14(13(10)16)18(2)9-11-3-5-12(15)6-4-11/h3-8H,9,16H2,1-2H3. The maximum absolute atomic E-state index is 6.05. The Balaban J connectivity index is 2.19. The van der Waals surface area contributed by atoms with Gasteiger partial charge in [0.15, 0.2) is 5.82 Å². The van der Waals surface area contributed by atoms with Crippen LogP contribution in [0.15, 0.2) is 41.0 Å². The van der Waals surface area contributed by atoms with Crippen LogP contribution in [0.4, 0.5) is 11.5 Å². The highest BCUT2D eigenvalue weighted by Gasteiger charge is 2.08. The lowest BCUT2D eigenvalue weighted by Gasteiger charge is -2.20. The van der Waals surface area contributed by atoms with Crippen LogP contribution in [-0.2, 0) is 6.54 Å². The summed E-state index contributed by atoms with van der Waals surface area (Å²) in [5, 5.41) is 0. The summed E-state index contributed by atoms with van der Waals surface area (Å²) < 4.78 is 1.09. The zero-order valence-corrected chi connectivity index (χ0v) is 12.1. The van der Waals surface area contributed by atoms with Gasteiger partial charge in [0.05, 0.1) is 5.69 Å². The molecule has 0 atom stereocenters. The van der Waals surface area contributed by atoms with E-state index in [9.17, 15) is 0 Å². The van der Waals surface area contributed by atoms with Gasteiger partial charge in [0.25, 0.3) is 0 Å². The number of benzene rings is 1. The number of aromatic nitrogens is 1. The molecule has 1 heterocycles. The Kier molecular flexibility index (Phi) is 3.87. The summed E-state index contributed by atoms with van der Waals surface area (Å²) in [6.07, 6.45) is 1.79. The lowest BCUT2D eigenvalue weighted by atomic mass is 10.2. The van der Waals surface area contributed by atoms with Gasteiger partial charge in [-0.2, -0.15) is 0 Å². The van der Waals surface area contributed by atoms with Crippen molar-refractivity contribution in [3.63, 3.8) is 0 Å². The minimum atomic E-state index is 0.747. The SMILES string of the molecule is Cc1ccnc(N(C)Cc2ccc(Br)cc2)c1N. The van der Waals surface area contributed by atoms with Gasteiger partial charge in [-0.05, 0) is 36.2 Å². The molecular weight excluding hydrogens is 290 g/mol. The van der Waals surface area contributed by atoms with E-state index in [1.54, 1.807) is 6.20 Å². The monoisotopic (exact) mass is 305 g/mol. The highest BCUT2D eigenvalue weighted by atomic mass is 79.9. The summed E-state index contributed by atoms with van der Waals surface area (Å²) in [5.74, 6) is 0.831. The van der Waals surface area contributed by atoms with Crippen molar-refractivity contribution in [2.24, 2.45) is 0 Å². The number of hydrogen-bond acceptors (Lipinski definition) is 3. The van der Waals surface area contributed by atoms with Crippen LogP contribution in [0.25, 0.3) is 0 Å². The molecule has 0 saturated carbocycles. The molecule has 3 nitrogen and oxygen atoms in total. The van der Waals surface area contributed by atoms with E-state index in [0.29, 0.717) is 0 Å². The second-order valence-corrected chi connectivity index (χ2v) is 5.26. The Bertz CT molecular complexity index is 537. The van der Waals surface area contributed by atoms with Crippen molar-refractivity contribution >= 4 is 27.4 Å². The molecule has 18 heavy (non-hydrogen) atoms. The molecule has 1 aromatic carbocycles. The van der Waals surface area contributed by atoms with E-state index in [2.05, 4.69) is 37.9 Å². The first-order valence-electron chi connectivity index (χ1n) is 5.74. The lowest BCUT2D eigenvalue weighted by molar-refractivity contribution is 0.898. The highest BCUT2D eigenvalue weighted by molar-refractivity contribution is 9.10. The first kappa shape index (κ1) is 12.9. The van der Waals surface area contributed by atoms with Gasteiger partial charge in [-0.15, -0.1) is 0 Å². The summed E-state index contributed by atoms with van der Waals surface area (Å²) in [6.45, 7) is 2.78. The van der Waals surface area contributed by atoms with Crippen molar-refractivity contribution in [3.8, 4) is 0 Å². The molecule has 1 aromatic heterocycles. The molecule has 0 aliphatic heterocycles. The molecule has 0 bridgehead atoms. The molecule has 2 rings (SSSR count). The second kappa shape index (κ2) is 5.40. The van der Waals surface area contributed by atoms with E-state index in [-0.39, 0.29) is 0 Å². The molecule has 4 heteroatoms. The van der Waals surface area contributed by atoms with Gasteiger partial charge < -0.3 is 10.6 Å². The number of rotatable bonds is 3. The van der Waals surface area contributed by atoms with E-state index in [0.717, 1.165) is 28.1 Å². The Hall–Kier alpha value is -1.55. The number of anilines is 2.